The molecule has 0 aromatic carbocycles. The molecule has 0 atom stereocenters. The van der Waals surface area contributed by atoms with Gasteiger partial charge in [-0.3, -0.25) is 9.88 Å². The minimum Gasteiger partial charge on any atom is -0.296 e. The van der Waals surface area contributed by atoms with Crippen molar-refractivity contribution in [2.45, 2.75) is 44.7 Å². The lowest BCUT2D eigenvalue weighted by Crippen LogP contribution is -2.17. The molecule has 2 aromatic rings. The Balaban J connectivity index is 1.57. The Bertz CT molecular complexity index is 532. The van der Waals surface area contributed by atoms with E-state index in [0.29, 0.717) is 0 Å². The van der Waals surface area contributed by atoms with E-state index in [9.17, 15) is 0 Å². The molecule has 0 aliphatic heterocycles. The Hall–Kier alpha value is -1.26. The van der Waals surface area contributed by atoms with Gasteiger partial charge in [-0.05, 0) is 37.6 Å². The predicted octanol–water partition coefficient (Wildman–Crippen LogP) is 3.83. The fourth-order valence-electron chi connectivity index (χ4n) is 2.89. The number of thiazole rings is 1. The largest absolute Gasteiger partial charge is 0.296 e. The fourth-order valence-corrected chi connectivity index (χ4v) is 3.87. The topological polar surface area (TPSA) is 29.0 Å². The summed E-state index contributed by atoms with van der Waals surface area (Å²) in [5, 5.41) is 3.59. The van der Waals surface area contributed by atoms with Crippen molar-refractivity contribution in [2.75, 3.05) is 7.05 Å². The summed E-state index contributed by atoms with van der Waals surface area (Å²) < 4.78 is 0. The van der Waals surface area contributed by atoms with Gasteiger partial charge in [0, 0.05) is 36.8 Å². The monoisotopic (exact) mass is 287 g/mol. The SMILES string of the molecule is CN(Cc1ccncc1)Cc1csc(C2CCCC2)n1. The van der Waals surface area contributed by atoms with E-state index in [2.05, 4.69) is 34.4 Å². The molecule has 0 N–H and O–H groups in total. The van der Waals surface area contributed by atoms with Crippen LogP contribution in [0.1, 0.15) is 47.9 Å². The van der Waals surface area contributed by atoms with Gasteiger partial charge in [-0.2, -0.15) is 0 Å². The summed E-state index contributed by atoms with van der Waals surface area (Å²) in [6.45, 7) is 1.87. The Morgan fingerprint density at radius 1 is 1.20 bits per heavy atom. The van der Waals surface area contributed by atoms with Crippen molar-refractivity contribution in [3.8, 4) is 0 Å². The maximum Gasteiger partial charge on any atom is 0.0959 e. The molecule has 1 fully saturated rings. The van der Waals surface area contributed by atoms with E-state index in [4.69, 9.17) is 4.98 Å². The van der Waals surface area contributed by atoms with Crippen LogP contribution in [0, 0.1) is 0 Å². The summed E-state index contributed by atoms with van der Waals surface area (Å²) in [5.41, 5.74) is 2.52. The van der Waals surface area contributed by atoms with Gasteiger partial charge in [0.05, 0.1) is 10.7 Å². The summed E-state index contributed by atoms with van der Waals surface area (Å²) in [7, 11) is 2.15. The molecule has 0 spiro atoms. The molecule has 1 aliphatic carbocycles. The average molecular weight is 287 g/mol. The molecule has 3 rings (SSSR count). The van der Waals surface area contributed by atoms with Crippen LogP contribution in [-0.4, -0.2) is 21.9 Å². The van der Waals surface area contributed by atoms with Gasteiger partial charge in [0.15, 0.2) is 0 Å². The molecule has 106 valence electrons. The lowest BCUT2D eigenvalue weighted by molar-refractivity contribution is 0.315. The molecule has 0 unspecified atom stereocenters. The molecule has 20 heavy (non-hydrogen) atoms. The highest BCUT2D eigenvalue weighted by Gasteiger charge is 2.20. The van der Waals surface area contributed by atoms with Crippen LogP contribution in [0.25, 0.3) is 0 Å². The van der Waals surface area contributed by atoms with Crippen LogP contribution in [-0.2, 0) is 13.1 Å². The molecular formula is C16H21N3S. The molecule has 1 saturated carbocycles. The van der Waals surface area contributed by atoms with E-state index in [1.54, 1.807) is 0 Å². The quantitative estimate of drug-likeness (QED) is 0.837. The number of pyridine rings is 1. The van der Waals surface area contributed by atoms with Crippen molar-refractivity contribution in [1.82, 2.24) is 14.9 Å². The second-order valence-electron chi connectivity index (χ2n) is 5.69. The van der Waals surface area contributed by atoms with Crippen LogP contribution < -0.4 is 0 Å². The lowest BCUT2D eigenvalue weighted by atomic mass is 10.1. The zero-order chi connectivity index (χ0) is 13.8. The van der Waals surface area contributed by atoms with Crippen molar-refractivity contribution in [2.24, 2.45) is 0 Å². The van der Waals surface area contributed by atoms with Gasteiger partial charge in [0.1, 0.15) is 0 Å². The first-order chi connectivity index (χ1) is 9.81. The fraction of sp³-hybridized carbons (Fsp3) is 0.500. The average Bonchev–Trinajstić information content (AvgIpc) is 3.10. The van der Waals surface area contributed by atoms with Gasteiger partial charge in [0.25, 0.3) is 0 Å². The van der Waals surface area contributed by atoms with Gasteiger partial charge in [-0.15, -0.1) is 11.3 Å². The van der Waals surface area contributed by atoms with Gasteiger partial charge < -0.3 is 0 Å². The number of hydrogen-bond acceptors (Lipinski definition) is 4. The standard InChI is InChI=1S/C16H21N3S/c1-19(10-13-6-8-17-9-7-13)11-15-12-20-16(18-15)14-4-2-3-5-14/h6-9,12,14H,2-5,10-11H2,1H3. The zero-order valence-electron chi connectivity index (χ0n) is 12.0. The van der Waals surface area contributed by atoms with E-state index in [0.717, 1.165) is 19.0 Å². The van der Waals surface area contributed by atoms with Gasteiger partial charge >= 0.3 is 0 Å². The van der Waals surface area contributed by atoms with E-state index < -0.39 is 0 Å². The zero-order valence-corrected chi connectivity index (χ0v) is 12.8. The molecule has 0 amide bonds. The highest BCUT2D eigenvalue weighted by Crippen LogP contribution is 2.35. The van der Waals surface area contributed by atoms with Crippen molar-refractivity contribution >= 4 is 11.3 Å². The third-order valence-corrected chi connectivity index (χ3v) is 4.96. The Morgan fingerprint density at radius 2 is 1.95 bits per heavy atom. The number of aromatic nitrogens is 2. The summed E-state index contributed by atoms with van der Waals surface area (Å²) in [4.78, 5) is 11.2. The van der Waals surface area contributed by atoms with Crippen molar-refractivity contribution in [3.63, 3.8) is 0 Å². The Morgan fingerprint density at radius 3 is 2.70 bits per heavy atom. The van der Waals surface area contributed by atoms with Gasteiger partial charge in [-0.25, -0.2) is 4.98 Å². The molecule has 2 heterocycles. The van der Waals surface area contributed by atoms with Crippen LogP contribution in [0.3, 0.4) is 0 Å². The highest BCUT2D eigenvalue weighted by molar-refractivity contribution is 7.09. The van der Waals surface area contributed by atoms with Crippen LogP contribution in [0.4, 0.5) is 0 Å². The molecular weight excluding hydrogens is 266 g/mol. The summed E-state index contributed by atoms with van der Waals surface area (Å²) in [6.07, 6.45) is 9.12. The Kier molecular flexibility index (Phi) is 4.43. The molecule has 3 nitrogen and oxygen atoms in total. The van der Waals surface area contributed by atoms with E-state index in [1.807, 2.05) is 23.7 Å². The predicted molar refractivity (Wildman–Crippen MR) is 82.7 cm³/mol. The summed E-state index contributed by atoms with van der Waals surface area (Å²) in [5.74, 6) is 0.735. The first kappa shape index (κ1) is 13.7. The molecule has 4 heteroatoms. The van der Waals surface area contributed by atoms with Crippen molar-refractivity contribution < 1.29 is 0 Å². The second kappa shape index (κ2) is 6.46. The van der Waals surface area contributed by atoms with E-state index in [1.165, 1.54) is 41.9 Å². The molecule has 1 aliphatic rings. The third kappa shape index (κ3) is 3.44. The van der Waals surface area contributed by atoms with Crippen LogP contribution in [0.15, 0.2) is 29.9 Å². The van der Waals surface area contributed by atoms with E-state index >= 15 is 0 Å². The first-order valence-electron chi connectivity index (χ1n) is 7.33. The van der Waals surface area contributed by atoms with Crippen molar-refractivity contribution in [3.05, 3.63) is 46.2 Å². The summed E-state index contributed by atoms with van der Waals surface area (Å²) >= 11 is 1.85. The normalized spacial score (nSPS) is 16.1. The third-order valence-electron chi connectivity index (χ3n) is 3.91. The molecule has 0 bridgehead atoms. The van der Waals surface area contributed by atoms with Crippen LogP contribution in [0.2, 0.25) is 0 Å². The molecule has 0 radical (unpaired) electrons. The highest BCUT2D eigenvalue weighted by atomic mass is 32.1. The second-order valence-corrected chi connectivity index (χ2v) is 6.58. The summed E-state index contributed by atoms with van der Waals surface area (Å²) in [6, 6.07) is 4.14. The maximum absolute atomic E-state index is 4.84. The maximum atomic E-state index is 4.84. The molecule has 0 saturated heterocycles. The van der Waals surface area contributed by atoms with E-state index in [-0.39, 0.29) is 0 Å². The Labute approximate surface area is 124 Å². The van der Waals surface area contributed by atoms with Crippen LogP contribution >= 0.6 is 11.3 Å². The smallest absolute Gasteiger partial charge is 0.0959 e. The number of nitrogens with zero attached hydrogens (tertiary/aromatic N) is 3. The molecule has 2 aromatic heterocycles. The first-order valence-corrected chi connectivity index (χ1v) is 8.21. The van der Waals surface area contributed by atoms with Gasteiger partial charge in [-0.1, -0.05) is 12.8 Å². The van der Waals surface area contributed by atoms with Crippen molar-refractivity contribution in [1.29, 1.82) is 0 Å². The number of hydrogen-bond donors (Lipinski definition) is 0. The minimum atomic E-state index is 0.735. The van der Waals surface area contributed by atoms with Crippen LogP contribution in [0.5, 0.6) is 0 Å². The van der Waals surface area contributed by atoms with Gasteiger partial charge in [0.2, 0.25) is 0 Å². The number of rotatable bonds is 5. The lowest BCUT2D eigenvalue weighted by Gasteiger charge is -2.15. The minimum absolute atomic E-state index is 0.735.